The first-order chi connectivity index (χ1) is 5.38. The van der Waals surface area contributed by atoms with E-state index in [4.69, 9.17) is 0 Å². The van der Waals surface area contributed by atoms with Crippen LogP contribution in [-0.2, 0) is 0 Å². The van der Waals surface area contributed by atoms with Crippen LogP contribution in [0.3, 0.4) is 0 Å². The maximum Gasteiger partial charge on any atom is 0.0295 e. The van der Waals surface area contributed by atoms with Crippen molar-refractivity contribution in [2.24, 2.45) is 5.92 Å². The average Bonchev–Trinajstić information content (AvgIpc) is 2.87. The molecule has 1 fully saturated rings. The Morgan fingerprint density at radius 2 is 1.82 bits per heavy atom. The molecule has 0 heterocycles. The molecule has 0 aliphatic heterocycles. The molecule has 11 heavy (non-hydrogen) atoms. The molecule has 58 valence electrons. The maximum absolute atomic E-state index is 4.58. The van der Waals surface area contributed by atoms with E-state index < -0.39 is 0 Å². The Kier molecular flexibility index (Phi) is 1.91. The van der Waals surface area contributed by atoms with Crippen molar-refractivity contribution in [3.05, 3.63) is 35.9 Å². The molecular formula is C10H12S. The zero-order valence-electron chi connectivity index (χ0n) is 6.40. The third kappa shape index (κ3) is 1.59. The highest BCUT2D eigenvalue weighted by Gasteiger charge is 2.29. The van der Waals surface area contributed by atoms with Crippen molar-refractivity contribution in [1.82, 2.24) is 0 Å². The number of hydrogen-bond donors (Lipinski definition) is 1. The maximum atomic E-state index is 4.58. The molecule has 0 spiro atoms. The van der Waals surface area contributed by atoms with Gasteiger partial charge in [0.25, 0.3) is 0 Å². The smallest absolute Gasteiger partial charge is 0.0295 e. The summed E-state index contributed by atoms with van der Waals surface area (Å²) >= 11 is 4.58. The van der Waals surface area contributed by atoms with Crippen molar-refractivity contribution < 1.29 is 0 Å². The van der Waals surface area contributed by atoms with Gasteiger partial charge in [-0.05, 0) is 24.3 Å². The molecule has 2 rings (SSSR count). The molecule has 1 atom stereocenters. The van der Waals surface area contributed by atoms with Crippen molar-refractivity contribution in [2.45, 2.75) is 18.1 Å². The Balaban J connectivity index is 2.15. The van der Waals surface area contributed by atoms with Crippen LogP contribution >= 0.6 is 12.6 Å². The van der Waals surface area contributed by atoms with E-state index in [1.54, 1.807) is 0 Å². The summed E-state index contributed by atoms with van der Waals surface area (Å²) in [5.41, 5.74) is 1.37. The van der Waals surface area contributed by atoms with Gasteiger partial charge in [0.1, 0.15) is 0 Å². The van der Waals surface area contributed by atoms with Crippen LogP contribution in [0.5, 0.6) is 0 Å². The molecule has 1 aliphatic carbocycles. The molecule has 0 radical (unpaired) electrons. The number of benzene rings is 1. The highest BCUT2D eigenvalue weighted by atomic mass is 32.1. The van der Waals surface area contributed by atoms with Crippen LogP contribution in [0.4, 0.5) is 0 Å². The van der Waals surface area contributed by atoms with Crippen molar-refractivity contribution in [3.8, 4) is 0 Å². The standard InChI is InChI=1S/C10H12S/c11-10(9-6-7-9)8-4-2-1-3-5-8/h1-5,9-11H,6-7H2. The molecule has 0 N–H and O–H groups in total. The zero-order valence-corrected chi connectivity index (χ0v) is 7.30. The average molecular weight is 164 g/mol. The SMILES string of the molecule is SC(c1ccccc1)C1CC1. The summed E-state index contributed by atoms with van der Waals surface area (Å²) in [5, 5.41) is 0.483. The third-order valence-electron chi connectivity index (χ3n) is 2.21. The molecule has 1 saturated carbocycles. The Morgan fingerprint density at radius 1 is 1.18 bits per heavy atom. The normalized spacial score (nSPS) is 19.7. The summed E-state index contributed by atoms with van der Waals surface area (Å²) in [5.74, 6) is 0.848. The molecule has 1 aromatic rings. The van der Waals surface area contributed by atoms with Crippen molar-refractivity contribution in [2.75, 3.05) is 0 Å². The number of hydrogen-bond acceptors (Lipinski definition) is 1. The lowest BCUT2D eigenvalue weighted by molar-refractivity contribution is 0.815. The Morgan fingerprint density at radius 3 is 2.36 bits per heavy atom. The van der Waals surface area contributed by atoms with E-state index in [0.717, 1.165) is 5.92 Å². The third-order valence-corrected chi connectivity index (χ3v) is 2.93. The topological polar surface area (TPSA) is 0 Å². The van der Waals surface area contributed by atoms with Gasteiger partial charge in [-0.25, -0.2) is 0 Å². The van der Waals surface area contributed by atoms with Gasteiger partial charge in [0.2, 0.25) is 0 Å². The van der Waals surface area contributed by atoms with Gasteiger partial charge in [-0.2, -0.15) is 12.6 Å². The van der Waals surface area contributed by atoms with E-state index in [9.17, 15) is 0 Å². The molecule has 1 unspecified atom stereocenters. The minimum Gasteiger partial charge on any atom is -0.171 e. The summed E-state index contributed by atoms with van der Waals surface area (Å²) in [7, 11) is 0. The lowest BCUT2D eigenvalue weighted by Crippen LogP contribution is -1.90. The van der Waals surface area contributed by atoms with E-state index in [2.05, 4.69) is 43.0 Å². The van der Waals surface area contributed by atoms with Gasteiger partial charge >= 0.3 is 0 Å². The number of rotatable bonds is 2. The quantitative estimate of drug-likeness (QED) is 0.638. The fourth-order valence-electron chi connectivity index (χ4n) is 1.33. The first-order valence-electron chi connectivity index (χ1n) is 4.11. The lowest BCUT2D eigenvalue weighted by Gasteiger charge is -2.07. The second-order valence-corrected chi connectivity index (χ2v) is 3.75. The first kappa shape index (κ1) is 7.23. The second kappa shape index (κ2) is 2.90. The predicted molar refractivity (Wildman–Crippen MR) is 50.9 cm³/mol. The summed E-state index contributed by atoms with van der Waals surface area (Å²) in [6.45, 7) is 0. The van der Waals surface area contributed by atoms with E-state index in [0.29, 0.717) is 5.25 Å². The molecule has 0 bridgehead atoms. The van der Waals surface area contributed by atoms with Crippen LogP contribution in [0.25, 0.3) is 0 Å². The summed E-state index contributed by atoms with van der Waals surface area (Å²) in [6, 6.07) is 10.5. The molecule has 0 amide bonds. The van der Waals surface area contributed by atoms with E-state index in [-0.39, 0.29) is 0 Å². The van der Waals surface area contributed by atoms with Crippen LogP contribution in [0.1, 0.15) is 23.7 Å². The molecular weight excluding hydrogens is 152 g/mol. The minimum absolute atomic E-state index is 0.483. The Hall–Kier alpha value is -0.430. The van der Waals surface area contributed by atoms with Gasteiger partial charge in [-0.1, -0.05) is 30.3 Å². The minimum atomic E-state index is 0.483. The van der Waals surface area contributed by atoms with Crippen molar-refractivity contribution >= 4 is 12.6 Å². The van der Waals surface area contributed by atoms with Gasteiger partial charge in [0, 0.05) is 5.25 Å². The van der Waals surface area contributed by atoms with Gasteiger partial charge < -0.3 is 0 Å². The van der Waals surface area contributed by atoms with Gasteiger partial charge in [-0.3, -0.25) is 0 Å². The second-order valence-electron chi connectivity index (χ2n) is 3.19. The Bertz CT molecular complexity index is 226. The largest absolute Gasteiger partial charge is 0.171 e. The molecule has 0 nitrogen and oxygen atoms in total. The van der Waals surface area contributed by atoms with Crippen LogP contribution < -0.4 is 0 Å². The van der Waals surface area contributed by atoms with Gasteiger partial charge in [-0.15, -0.1) is 0 Å². The summed E-state index contributed by atoms with van der Waals surface area (Å²) < 4.78 is 0. The number of thiol groups is 1. The van der Waals surface area contributed by atoms with Gasteiger partial charge in [0.05, 0.1) is 0 Å². The van der Waals surface area contributed by atoms with E-state index in [1.807, 2.05) is 0 Å². The van der Waals surface area contributed by atoms with Crippen LogP contribution in [0.15, 0.2) is 30.3 Å². The van der Waals surface area contributed by atoms with Crippen LogP contribution in [0.2, 0.25) is 0 Å². The zero-order chi connectivity index (χ0) is 7.68. The Labute approximate surface area is 73.0 Å². The molecule has 1 aromatic carbocycles. The molecule has 1 aliphatic rings. The first-order valence-corrected chi connectivity index (χ1v) is 4.62. The van der Waals surface area contributed by atoms with Crippen molar-refractivity contribution in [1.29, 1.82) is 0 Å². The highest BCUT2D eigenvalue weighted by molar-refractivity contribution is 7.80. The fraction of sp³-hybridized carbons (Fsp3) is 0.400. The summed E-state index contributed by atoms with van der Waals surface area (Å²) in [4.78, 5) is 0. The van der Waals surface area contributed by atoms with E-state index >= 15 is 0 Å². The van der Waals surface area contributed by atoms with Crippen LogP contribution in [-0.4, -0.2) is 0 Å². The van der Waals surface area contributed by atoms with Crippen LogP contribution in [0, 0.1) is 5.92 Å². The highest BCUT2D eigenvalue weighted by Crippen LogP contribution is 2.44. The summed E-state index contributed by atoms with van der Waals surface area (Å²) in [6.07, 6.45) is 2.73. The van der Waals surface area contributed by atoms with Crippen molar-refractivity contribution in [3.63, 3.8) is 0 Å². The van der Waals surface area contributed by atoms with E-state index in [1.165, 1.54) is 18.4 Å². The lowest BCUT2D eigenvalue weighted by atomic mass is 10.1. The molecule has 0 saturated heterocycles. The monoisotopic (exact) mass is 164 g/mol. The predicted octanol–water partition coefficient (Wildman–Crippen LogP) is 3.07. The van der Waals surface area contributed by atoms with Gasteiger partial charge in [0.15, 0.2) is 0 Å². The fourth-order valence-corrected chi connectivity index (χ4v) is 1.80. The molecule has 0 aromatic heterocycles. The molecule has 1 heteroatoms.